The summed E-state index contributed by atoms with van der Waals surface area (Å²) >= 11 is 9.37. The van der Waals surface area contributed by atoms with E-state index in [4.69, 9.17) is 16.3 Å². The molecular formula is C12H15BrClNO3. The summed E-state index contributed by atoms with van der Waals surface area (Å²) in [7, 11) is 0. The van der Waals surface area contributed by atoms with Gasteiger partial charge >= 0.3 is 0 Å². The first-order valence-corrected chi connectivity index (χ1v) is 7.21. The average Bonchev–Trinajstić information content (AvgIpc) is 2.35. The molecule has 0 saturated carbocycles. The van der Waals surface area contributed by atoms with Gasteiger partial charge < -0.3 is 4.74 Å². The van der Waals surface area contributed by atoms with Gasteiger partial charge in [-0.15, -0.1) is 0 Å². The second kappa shape index (κ2) is 7.59. The molecule has 0 amide bonds. The van der Waals surface area contributed by atoms with Gasteiger partial charge in [0, 0.05) is 17.3 Å². The number of rotatable bonds is 7. The molecule has 1 aromatic carbocycles. The number of hydrogen-bond acceptors (Lipinski definition) is 3. The topological polar surface area (TPSA) is 52.4 Å². The predicted molar refractivity (Wildman–Crippen MR) is 75.8 cm³/mol. The van der Waals surface area contributed by atoms with E-state index in [1.165, 1.54) is 18.2 Å². The molecule has 0 bridgehead atoms. The Morgan fingerprint density at radius 2 is 2.28 bits per heavy atom. The Morgan fingerprint density at radius 3 is 2.83 bits per heavy atom. The highest BCUT2D eigenvalue weighted by Gasteiger charge is 2.13. The second-order valence-electron chi connectivity index (χ2n) is 3.99. The maximum atomic E-state index is 10.7. The summed E-state index contributed by atoms with van der Waals surface area (Å²) in [6.45, 7) is 2.61. The first kappa shape index (κ1) is 15.2. The van der Waals surface area contributed by atoms with Crippen LogP contribution in [-0.4, -0.2) is 16.9 Å². The van der Waals surface area contributed by atoms with E-state index in [1.807, 2.05) is 0 Å². The number of hydrogen-bond donors (Lipinski definition) is 0. The summed E-state index contributed by atoms with van der Waals surface area (Å²) in [5.41, 5.74) is -0.0136. The molecule has 6 heteroatoms. The van der Waals surface area contributed by atoms with Crippen molar-refractivity contribution in [3.8, 4) is 5.75 Å². The van der Waals surface area contributed by atoms with Crippen LogP contribution in [0.3, 0.4) is 0 Å². The van der Waals surface area contributed by atoms with Gasteiger partial charge in [0.15, 0.2) is 0 Å². The first-order chi connectivity index (χ1) is 8.58. The molecule has 0 radical (unpaired) electrons. The van der Waals surface area contributed by atoms with Gasteiger partial charge in [-0.3, -0.25) is 10.1 Å². The molecule has 1 atom stereocenters. The van der Waals surface area contributed by atoms with E-state index in [-0.39, 0.29) is 5.69 Å². The van der Waals surface area contributed by atoms with E-state index in [2.05, 4.69) is 22.9 Å². The molecule has 1 rings (SSSR count). The van der Waals surface area contributed by atoms with Crippen molar-refractivity contribution in [3.05, 3.63) is 33.3 Å². The first-order valence-electron chi connectivity index (χ1n) is 5.71. The van der Waals surface area contributed by atoms with Crippen molar-refractivity contribution in [1.29, 1.82) is 0 Å². The Bertz CT molecular complexity index is 414. The minimum Gasteiger partial charge on any atom is -0.491 e. The van der Waals surface area contributed by atoms with Crippen LogP contribution in [0.4, 0.5) is 5.69 Å². The van der Waals surface area contributed by atoms with Gasteiger partial charge in [0.1, 0.15) is 5.75 Å². The SMILES string of the molecule is CCCC(CBr)COc1cc([N+](=O)[O-])ccc1Cl. The largest absolute Gasteiger partial charge is 0.491 e. The lowest BCUT2D eigenvalue weighted by atomic mass is 10.1. The van der Waals surface area contributed by atoms with E-state index in [0.717, 1.165) is 18.2 Å². The highest BCUT2D eigenvalue weighted by Crippen LogP contribution is 2.29. The lowest BCUT2D eigenvalue weighted by molar-refractivity contribution is -0.384. The summed E-state index contributed by atoms with van der Waals surface area (Å²) in [6, 6.07) is 4.21. The standard InChI is InChI=1S/C12H15BrClNO3/c1-2-3-9(7-13)8-18-12-6-10(15(16)17)4-5-11(12)14/h4-6,9H,2-3,7-8H2,1H3. The van der Waals surface area contributed by atoms with Crippen molar-refractivity contribution >= 4 is 33.2 Å². The number of nitro groups is 1. The van der Waals surface area contributed by atoms with E-state index < -0.39 is 4.92 Å². The van der Waals surface area contributed by atoms with Gasteiger partial charge in [-0.1, -0.05) is 40.9 Å². The second-order valence-corrected chi connectivity index (χ2v) is 5.05. The summed E-state index contributed by atoms with van der Waals surface area (Å²) in [5.74, 6) is 0.748. The van der Waals surface area contributed by atoms with E-state index >= 15 is 0 Å². The number of halogens is 2. The normalized spacial score (nSPS) is 12.2. The fraction of sp³-hybridized carbons (Fsp3) is 0.500. The van der Waals surface area contributed by atoms with Crippen LogP contribution >= 0.6 is 27.5 Å². The van der Waals surface area contributed by atoms with Crippen LogP contribution in [0.15, 0.2) is 18.2 Å². The number of nitrogens with zero attached hydrogens (tertiary/aromatic N) is 1. The van der Waals surface area contributed by atoms with Crippen molar-refractivity contribution in [2.24, 2.45) is 5.92 Å². The van der Waals surface area contributed by atoms with Crippen LogP contribution in [0, 0.1) is 16.0 Å². The average molecular weight is 337 g/mol. The Labute approximate surface area is 120 Å². The Hall–Kier alpha value is -0.810. The van der Waals surface area contributed by atoms with Crippen molar-refractivity contribution in [1.82, 2.24) is 0 Å². The molecule has 0 fully saturated rings. The van der Waals surface area contributed by atoms with Crippen LogP contribution in [0.1, 0.15) is 19.8 Å². The third kappa shape index (κ3) is 4.46. The predicted octanol–water partition coefficient (Wildman–Crippen LogP) is 4.44. The summed E-state index contributed by atoms with van der Waals surface area (Å²) in [4.78, 5) is 10.2. The fourth-order valence-corrected chi connectivity index (χ4v) is 2.22. The smallest absolute Gasteiger partial charge is 0.273 e. The molecule has 1 aromatic rings. The molecule has 0 spiro atoms. The molecule has 0 aliphatic heterocycles. The number of alkyl halides is 1. The zero-order valence-corrected chi connectivity index (χ0v) is 12.4. The van der Waals surface area contributed by atoms with E-state index in [9.17, 15) is 10.1 Å². The summed E-state index contributed by atoms with van der Waals surface area (Å²) < 4.78 is 5.57. The molecule has 0 aliphatic carbocycles. The highest BCUT2D eigenvalue weighted by atomic mass is 79.9. The van der Waals surface area contributed by atoms with Crippen molar-refractivity contribution < 1.29 is 9.66 Å². The molecule has 1 unspecified atom stereocenters. The number of benzene rings is 1. The number of non-ortho nitro benzene ring substituents is 1. The lowest BCUT2D eigenvalue weighted by Crippen LogP contribution is -2.13. The lowest BCUT2D eigenvalue weighted by Gasteiger charge is -2.14. The molecule has 18 heavy (non-hydrogen) atoms. The van der Waals surface area contributed by atoms with Gasteiger partial charge in [0.05, 0.1) is 22.6 Å². The molecule has 0 aliphatic rings. The molecule has 0 aromatic heterocycles. The van der Waals surface area contributed by atoms with Gasteiger partial charge in [0.2, 0.25) is 0 Å². The van der Waals surface area contributed by atoms with Crippen molar-refractivity contribution in [2.75, 3.05) is 11.9 Å². The van der Waals surface area contributed by atoms with Gasteiger partial charge in [0.25, 0.3) is 5.69 Å². The highest BCUT2D eigenvalue weighted by molar-refractivity contribution is 9.09. The minimum absolute atomic E-state index is 0.0136. The molecular weight excluding hydrogens is 321 g/mol. The van der Waals surface area contributed by atoms with Crippen LogP contribution in [0.25, 0.3) is 0 Å². The minimum atomic E-state index is -0.461. The molecule has 4 nitrogen and oxygen atoms in total. The zero-order chi connectivity index (χ0) is 13.5. The summed E-state index contributed by atoms with van der Waals surface area (Å²) in [5, 5.41) is 11.9. The Balaban J connectivity index is 2.71. The van der Waals surface area contributed by atoms with Crippen molar-refractivity contribution in [2.45, 2.75) is 19.8 Å². The van der Waals surface area contributed by atoms with E-state index in [0.29, 0.717) is 23.3 Å². The Morgan fingerprint density at radius 1 is 1.56 bits per heavy atom. The monoisotopic (exact) mass is 335 g/mol. The molecule has 0 heterocycles. The van der Waals surface area contributed by atoms with Crippen molar-refractivity contribution in [3.63, 3.8) is 0 Å². The maximum absolute atomic E-state index is 10.7. The molecule has 0 N–H and O–H groups in total. The van der Waals surface area contributed by atoms with Crippen LogP contribution in [0.2, 0.25) is 5.02 Å². The van der Waals surface area contributed by atoms with Crippen LogP contribution < -0.4 is 4.74 Å². The number of nitro benzene ring substituents is 1. The van der Waals surface area contributed by atoms with E-state index in [1.54, 1.807) is 0 Å². The number of ether oxygens (including phenoxy) is 1. The van der Waals surface area contributed by atoms with Gasteiger partial charge in [-0.05, 0) is 12.5 Å². The summed E-state index contributed by atoms with van der Waals surface area (Å²) in [6.07, 6.45) is 2.11. The third-order valence-corrected chi connectivity index (χ3v) is 3.74. The third-order valence-electron chi connectivity index (χ3n) is 2.52. The fourth-order valence-electron chi connectivity index (χ4n) is 1.54. The molecule has 100 valence electrons. The zero-order valence-electron chi connectivity index (χ0n) is 10.1. The van der Waals surface area contributed by atoms with Gasteiger partial charge in [-0.25, -0.2) is 0 Å². The van der Waals surface area contributed by atoms with Gasteiger partial charge in [-0.2, -0.15) is 0 Å². The quantitative estimate of drug-likeness (QED) is 0.420. The Kier molecular flexibility index (Phi) is 6.43. The molecule has 0 saturated heterocycles. The van der Waals surface area contributed by atoms with Crippen LogP contribution in [-0.2, 0) is 0 Å². The van der Waals surface area contributed by atoms with Crippen LogP contribution in [0.5, 0.6) is 5.75 Å². The maximum Gasteiger partial charge on any atom is 0.273 e.